The topological polar surface area (TPSA) is 24.9 Å². The molecule has 0 amide bonds. The third kappa shape index (κ3) is 1.44. The summed E-state index contributed by atoms with van der Waals surface area (Å²) in [7, 11) is 0. The van der Waals surface area contributed by atoms with Crippen molar-refractivity contribution >= 4 is 15.9 Å². The number of hydrogen-bond acceptors (Lipinski definition) is 2. The Hall–Kier alpha value is -0.410. The van der Waals surface area contributed by atoms with E-state index in [0.717, 1.165) is 16.7 Å². The fourth-order valence-corrected chi connectivity index (χ4v) is 1.37. The molecule has 3 heteroatoms. The molecular weight excluding hydrogens is 204 g/mol. The molecule has 2 heterocycles. The van der Waals surface area contributed by atoms with Gasteiger partial charge in [-0.1, -0.05) is 0 Å². The zero-order valence-corrected chi connectivity index (χ0v) is 7.63. The van der Waals surface area contributed by atoms with Crippen molar-refractivity contribution in [3.8, 4) is 0 Å². The van der Waals surface area contributed by atoms with Crippen molar-refractivity contribution in [2.24, 2.45) is 0 Å². The van der Waals surface area contributed by atoms with E-state index in [2.05, 4.69) is 32.3 Å². The van der Waals surface area contributed by atoms with Gasteiger partial charge in [0, 0.05) is 10.7 Å². The van der Waals surface area contributed by atoms with Gasteiger partial charge in [0.15, 0.2) is 0 Å². The molecule has 1 fully saturated rings. The van der Waals surface area contributed by atoms with Gasteiger partial charge >= 0.3 is 0 Å². The molecule has 58 valence electrons. The first-order valence-corrected chi connectivity index (χ1v) is 4.50. The van der Waals surface area contributed by atoms with Crippen LogP contribution in [0.15, 0.2) is 22.8 Å². The van der Waals surface area contributed by atoms with Gasteiger partial charge in [-0.25, -0.2) is 0 Å². The molecule has 1 atom stereocenters. The molecule has 0 unspecified atom stereocenters. The summed E-state index contributed by atoms with van der Waals surface area (Å²) in [6.45, 7) is 1.13. The van der Waals surface area contributed by atoms with E-state index in [4.69, 9.17) is 0 Å². The average molecular weight is 213 g/mol. The highest BCUT2D eigenvalue weighted by molar-refractivity contribution is 9.10. The summed E-state index contributed by atoms with van der Waals surface area (Å²) in [4.78, 5) is 4.29. The Morgan fingerprint density at radius 1 is 1.55 bits per heavy atom. The van der Waals surface area contributed by atoms with Crippen molar-refractivity contribution in [2.75, 3.05) is 6.54 Å². The number of rotatable bonds is 1. The van der Waals surface area contributed by atoms with Crippen molar-refractivity contribution in [3.05, 3.63) is 28.5 Å². The highest BCUT2D eigenvalue weighted by atomic mass is 79.9. The standard InChI is InChI=1S/C8H9BrN2/c9-6-1-2-7(11-5-6)8-3-4-10-8/h1-2,5,8,10H,3-4H2/t8-/m1/s1. The van der Waals surface area contributed by atoms with Crippen LogP contribution in [0.2, 0.25) is 0 Å². The molecule has 1 N–H and O–H groups in total. The molecule has 1 aliphatic heterocycles. The minimum absolute atomic E-state index is 0.503. The quantitative estimate of drug-likeness (QED) is 0.770. The summed E-state index contributed by atoms with van der Waals surface area (Å²) in [5.74, 6) is 0. The molecule has 11 heavy (non-hydrogen) atoms. The number of halogens is 1. The summed E-state index contributed by atoms with van der Waals surface area (Å²) in [6.07, 6.45) is 3.06. The summed E-state index contributed by atoms with van der Waals surface area (Å²) in [5.41, 5.74) is 1.15. The van der Waals surface area contributed by atoms with Crippen molar-refractivity contribution in [2.45, 2.75) is 12.5 Å². The average Bonchev–Trinajstić information content (AvgIpc) is 1.90. The van der Waals surface area contributed by atoms with Gasteiger partial charge in [0.05, 0.1) is 11.7 Å². The van der Waals surface area contributed by atoms with Gasteiger partial charge in [0.25, 0.3) is 0 Å². The second-order valence-corrected chi connectivity index (χ2v) is 3.61. The predicted octanol–water partition coefficient (Wildman–Crippen LogP) is 1.88. The van der Waals surface area contributed by atoms with E-state index >= 15 is 0 Å². The largest absolute Gasteiger partial charge is 0.309 e. The first-order valence-electron chi connectivity index (χ1n) is 3.71. The highest BCUT2D eigenvalue weighted by Crippen LogP contribution is 2.21. The van der Waals surface area contributed by atoms with Crippen molar-refractivity contribution in [1.29, 1.82) is 0 Å². The number of nitrogens with zero attached hydrogens (tertiary/aromatic N) is 1. The fraction of sp³-hybridized carbons (Fsp3) is 0.375. The Bertz CT molecular complexity index is 241. The monoisotopic (exact) mass is 212 g/mol. The lowest BCUT2D eigenvalue weighted by Crippen LogP contribution is -2.35. The van der Waals surface area contributed by atoms with Gasteiger partial charge in [-0.2, -0.15) is 0 Å². The van der Waals surface area contributed by atoms with Crippen molar-refractivity contribution in [3.63, 3.8) is 0 Å². The van der Waals surface area contributed by atoms with Crippen LogP contribution in [0.5, 0.6) is 0 Å². The van der Waals surface area contributed by atoms with Crippen LogP contribution in [0.25, 0.3) is 0 Å². The molecule has 1 aliphatic rings. The molecule has 0 spiro atoms. The van der Waals surface area contributed by atoms with Gasteiger partial charge in [-0.05, 0) is 41.0 Å². The van der Waals surface area contributed by atoms with Crippen LogP contribution in [-0.2, 0) is 0 Å². The van der Waals surface area contributed by atoms with Crippen molar-refractivity contribution < 1.29 is 0 Å². The van der Waals surface area contributed by atoms with E-state index in [0.29, 0.717) is 6.04 Å². The van der Waals surface area contributed by atoms with Crippen LogP contribution in [0.4, 0.5) is 0 Å². The Balaban J connectivity index is 2.18. The maximum Gasteiger partial charge on any atom is 0.0574 e. The lowest BCUT2D eigenvalue weighted by molar-refractivity contribution is 0.375. The molecule has 0 aliphatic carbocycles. The van der Waals surface area contributed by atoms with E-state index < -0.39 is 0 Å². The lowest BCUT2D eigenvalue weighted by atomic mass is 10.0. The summed E-state index contributed by atoms with van der Waals surface area (Å²) < 4.78 is 1.04. The molecule has 2 rings (SSSR count). The first kappa shape index (κ1) is 7.25. The van der Waals surface area contributed by atoms with Crippen molar-refractivity contribution in [1.82, 2.24) is 10.3 Å². The van der Waals surface area contributed by atoms with Crippen LogP contribution in [0.3, 0.4) is 0 Å². The van der Waals surface area contributed by atoms with Crippen LogP contribution in [0.1, 0.15) is 18.2 Å². The van der Waals surface area contributed by atoms with Crippen LogP contribution in [0, 0.1) is 0 Å². The maximum atomic E-state index is 4.29. The van der Waals surface area contributed by atoms with Gasteiger partial charge < -0.3 is 5.32 Å². The molecule has 1 aromatic rings. The summed E-state index contributed by atoms with van der Waals surface area (Å²) in [5, 5.41) is 3.30. The molecule has 0 aromatic carbocycles. The minimum Gasteiger partial charge on any atom is -0.309 e. The zero-order chi connectivity index (χ0) is 7.68. The van der Waals surface area contributed by atoms with Gasteiger partial charge in [0.2, 0.25) is 0 Å². The van der Waals surface area contributed by atoms with E-state index in [9.17, 15) is 0 Å². The number of pyridine rings is 1. The SMILES string of the molecule is Brc1ccc([C@H]2CCN2)nc1. The van der Waals surface area contributed by atoms with Gasteiger partial charge in [0.1, 0.15) is 0 Å². The third-order valence-corrected chi connectivity index (χ3v) is 2.40. The Morgan fingerprint density at radius 3 is 2.82 bits per heavy atom. The normalized spacial score (nSPS) is 22.8. The summed E-state index contributed by atoms with van der Waals surface area (Å²) >= 11 is 3.35. The molecule has 0 bridgehead atoms. The van der Waals surface area contributed by atoms with E-state index in [1.165, 1.54) is 6.42 Å². The van der Waals surface area contributed by atoms with Gasteiger partial charge in [-0.15, -0.1) is 0 Å². The van der Waals surface area contributed by atoms with E-state index in [1.54, 1.807) is 0 Å². The van der Waals surface area contributed by atoms with E-state index in [-0.39, 0.29) is 0 Å². The smallest absolute Gasteiger partial charge is 0.0574 e. The zero-order valence-electron chi connectivity index (χ0n) is 6.05. The van der Waals surface area contributed by atoms with Crippen LogP contribution in [-0.4, -0.2) is 11.5 Å². The maximum absolute atomic E-state index is 4.29. The highest BCUT2D eigenvalue weighted by Gasteiger charge is 2.18. The van der Waals surface area contributed by atoms with Gasteiger partial charge in [-0.3, -0.25) is 4.98 Å². The third-order valence-electron chi connectivity index (χ3n) is 1.93. The molecule has 2 nitrogen and oxygen atoms in total. The molecule has 0 saturated carbocycles. The first-order chi connectivity index (χ1) is 5.36. The van der Waals surface area contributed by atoms with Crippen LogP contribution < -0.4 is 5.32 Å². The number of nitrogens with one attached hydrogen (secondary N) is 1. The Labute approximate surface area is 74.2 Å². The second-order valence-electron chi connectivity index (χ2n) is 2.70. The van der Waals surface area contributed by atoms with Crippen LogP contribution >= 0.6 is 15.9 Å². The Kier molecular flexibility index (Phi) is 1.92. The predicted molar refractivity (Wildman–Crippen MR) is 47.3 cm³/mol. The number of hydrogen-bond donors (Lipinski definition) is 1. The summed E-state index contributed by atoms with van der Waals surface area (Å²) in [6, 6.07) is 4.59. The second kappa shape index (κ2) is 2.91. The fourth-order valence-electron chi connectivity index (χ4n) is 1.13. The Morgan fingerprint density at radius 2 is 2.36 bits per heavy atom. The number of aromatic nitrogens is 1. The minimum atomic E-state index is 0.503. The molecular formula is C8H9BrN2. The molecule has 0 radical (unpaired) electrons. The lowest BCUT2D eigenvalue weighted by Gasteiger charge is -2.26. The van der Waals surface area contributed by atoms with E-state index in [1.807, 2.05) is 12.3 Å². The molecule has 1 aromatic heterocycles. The molecule has 1 saturated heterocycles.